The Hall–Kier alpha value is -0.330. The summed E-state index contributed by atoms with van der Waals surface area (Å²) in [6.07, 6.45) is 8.76. The van der Waals surface area contributed by atoms with Crippen LogP contribution in [0.2, 0.25) is 0 Å². The van der Waals surface area contributed by atoms with E-state index in [1.165, 1.54) is 32.1 Å². The lowest BCUT2D eigenvalue weighted by molar-refractivity contribution is -0.461. The van der Waals surface area contributed by atoms with Crippen molar-refractivity contribution in [2.45, 2.75) is 65.7 Å². The Morgan fingerprint density at radius 3 is 2.17 bits per heavy atom. The Bertz CT molecular complexity index is 398. The molecule has 0 radical (unpaired) electrons. The Kier molecular flexibility index (Phi) is 1.94. The van der Waals surface area contributed by atoms with Crippen molar-refractivity contribution in [1.82, 2.24) is 0 Å². The van der Waals surface area contributed by atoms with Crippen LogP contribution in [-0.2, 0) is 4.79 Å². The highest BCUT2D eigenvalue weighted by atomic mass is 16.1. The van der Waals surface area contributed by atoms with E-state index in [4.69, 9.17) is 0 Å². The molecule has 0 aromatic rings. The van der Waals surface area contributed by atoms with Crippen molar-refractivity contribution in [1.29, 1.82) is 0 Å². The van der Waals surface area contributed by atoms with E-state index in [1.54, 1.807) is 0 Å². The highest BCUT2D eigenvalue weighted by molar-refractivity contribution is 5.79. The number of ketones is 1. The van der Waals surface area contributed by atoms with Crippen molar-refractivity contribution in [2.24, 2.45) is 34.0 Å². The van der Waals surface area contributed by atoms with Crippen LogP contribution in [0.4, 0.5) is 0 Å². The molecule has 4 rings (SSSR count). The van der Waals surface area contributed by atoms with Gasteiger partial charge in [-0.25, -0.2) is 0 Å². The van der Waals surface area contributed by atoms with Crippen LogP contribution in [0.5, 0.6) is 0 Å². The Labute approximate surface area is 111 Å². The van der Waals surface area contributed by atoms with Crippen molar-refractivity contribution < 1.29 is 4.79 Å². The molecule has 0 N–H and O–H groups in total. The fraction of sp³-hybridized carbons (Fsp3) is 0.941. The van der Waals surface area contributed by atoms with E-state index in [0.29, 0.717) is 16.6 Å². The van der Waals surface area contributed by atoms with Gasteiger partial charge in [0, 0.05) is 12.8 Å². The summed E-state index contributed by atoms with van der Waals surface area (Å²) in [5.41, 5.74) is 1.67. The van der Waals surface area contributed by atoms with Crippen molar-refractivity contribution in [3.63, 3.8) is 0 Å². The molecule has 3 atom stereocenters. The maximum absolute atomic E-state index is 12.0. The Morgan fingerprint density at radius 1 is 1.17 bits per heavy atom. The number of carbonyl (C=O) groups is 1. The van der Waals surface area contributed by atoms with Crippen LogP contribution in [0.1, 0.15) is 65.7 Å². The van der Waals surface area contributed by atoms with Gasteiger partial charge < -0.3 is 0 Å². The van der Waals surface area contributed by atoms with Gasteiger partial charge in [0.2, 0.25) is 0 Å². The summed E-state index contributed by atoms with van der Waals surface area (Å²) in [6, 6.07) is 0. The summed E-state index contributed by atoms with van der Waals surface area (Å²) in [5.74, 6) is 3.69. The number of rotatable bonds is 5. The number of hydrogen-bond donors (Lipinski definition) is 0. The zero-order chi connectivity index (χ0) is 12.8. The lowest BCUT2D eigenvalue weighted by Gasteiger charge is -2.94. The first kappa shape index (κ1) is 11.5. The molecule has 4 aliphatic rings. The zero-order valence-corrected chi connectivity index (χ0v) is 12.1. The van der Waals surface area contributed by atoms with E-state index in [-0.39, 0.29) is 0 Å². The second kappa shape index (κ2) is 3.04. The third kappa shape index (κ3) is 0.832. The van der Waals surface area contributed by atoms with E-state index < -0.39 is 0 Å². The van der Waals surface area contributed by atoms with E-state index >= 15 is 0 Å². The first-order valence-electron chi connectivity index (χ1n) is 8.06. The van der Waals surface area contributed by atoms with Gasteiger partial charge in [-0.3, -0.25) is 4.79 Å². The smallest absolute Gasteiger partial charge is 0.133 e. The highest BCUT2D eigenvalue weighted by Gasteiger charge is 2.89. The van der Waals surface area contributed by atoms with Crippen LogP contribution >= 0.6 is 0 Å². The summed E-state index contributed by atoms with van der Waals surface area (Å²) in [7, 11) is 0. The van der Waals surface area contributed by atoms with Crippen LogP contribution in [0, 0.1) is 34.0 Å². The van der Waals surface area contributed by atoms with Crippen LogP contribution in [0.3, 0.4) is 0 Å². The molecule has 1 heteroatoms. The summed E-state index contributed by atoms with van der Waals surface area (Å²) in [5, 5.41) is 0. The highest BCUT2D eigenvalue weighted by Crippen LogP contribution is 2.96. The zero-order valence-electron chi connectivity index (χ0n) is 12.1. The molecule has 4 aliphatic carbocycles. The second-order valence-electron chi connectivity index (χ2n) is 7.97. The third-order valence-electron chi connectivity index (χ3n) is 8.10. The second-order valence-corrected chi connectivity index (χ2v) is 7.97. The molecule has 0 heterocycles. The van der Waals surface area contributed by atoms with Gasteiger partial charge in [0.1, 0.15) is 5.78 Å². The van der Waals surface area contributed by atoms with Gasteiger partial charge in [-0.05, 0) is 66.1 Å². The molecule has 4 fully saturated rings. The van der Waals surface area contributed by atoms with Crippen molar-refractivity contribution in [3.05, 3.63) is 0 Å². The van der Waals surface area contributed by atoms with Crippen molar-refractivity contribution in [2.75, 3.05) is 0 Å². The quantitative estimate of drug-likeness (QED) is 0.710. The summed E-state index contributed by atoms with van der Waals surface area (Å²) >= 11 is 0. The van der Waals surface area contributed by atoms with Gasteiger partial charge in [-0.1, -0.05) is 20.8 Å². The minimum atomic E-state index is 0.312. The number of carbonyl (C=O) groups excluding carboxylic acids is 1. The average Bonchev–Trinajstić information content (AvgIpc) is 2.24. The molecule has 3 unspecified atom stereocenters. The van der Waals surface area contributed by atoms with Gasteiger partial charge in [0.25, 0.3) is 0 Å². The lowest BCUT2D eigenvalue weighted by Crippen LogP contribution is -2.88. The summed E-state index contributed by atoms with van der Waals surface area (Å²) in [4.78, 5) is 12.0. The molecule has 1 nitrogen and oxygen atoms in total. The molecule has 100 valence electrons. The maximum atomic E-state index is 12.0. The minimum absolute atomic E-state index is 0.312. The van der Waals surface area contributed by atoms with Crippen LogP contribution in [0.15, 0.2) is 0 Å². The van der Waals surface area contributed by atoms with Crippen LogP contribution in [-0.4, -0.2) is 5.78 Å². The molecule has 0 aromatic heterocycles. The standard InChI is InChI=1S/C17H26O/c1-4-14(18)10-15(3,5-2)16-8-12-6-11-7-13(9-16)17(11,12)16/h11-13H,4-10H2,1-3H3. The predicted molar refractivity (Wildman–Crippen MR) is 72.1 cm³/mol. The van der Waals surface area contributed by atoms with Gasteiger partial charge in [-0.15, -0.1) is 0 Å². The molecule has 4 saturated carbocycles. The molecule has 0 saturated heterocycles. The predicted octanol–water partition coefficient (Wildman–Crippen LogP) is 4.21. The summed E-state index contributed by atoms with van der Waals surface area (Å²) < 4.78 is 0. The van der Waals surface area contributed by atoms with Gasteiger partial charge in [0.15, 0.2) is 0 Å². The van der Waals surface area contributed by atoms with Gasteiger partial charge in [0.05, 0.1) is 0 Å². The molecule has 0 aliphatic heterocycles. The average molecular weight is 246 g/mol. The first-order chi connectivity index (χ1) is 8.54. The van der Waals surface area contributed by atoms with E-state index in [2.05, 4.69) is 13.8 Å². The monoisotopic (exact) mass is 246 g/mol. The third-order valence-corrected chi connectivity index (χ3v) is 8.10. The van der Waals surface area contributed by atoms with Gasteiger partial charge in [-0.2, -0.15) is 0 Å². The van der Waals surface area contributed by atoms with Gasteiger partial charge >= 0.3 is 0 Å². The van der Waals surface area contributed by atoms with Crippen molar-refractivity contribution >= 4 is 5.78 Å². The fourth-order valence-corrected chi connectivity index (χ4v) is 7.14. The largest absolute Gasteiger partial charge is 0.300 e. The minimum Gasteiger partial charge on any atom is -0.300 e. The molecule has 0 aromatic carbocycles. The number of Topliss-reactive ketones (excluding diaryl/α,β-unsaturated/α-hetero) is 1. The Morgan fingerprint density at radius 2 is 1.78 bits per heavy atom. The molecule has 0 bridgehead atoms. The van der Waals surface area contributed by atoms with E-state index in [0.717, 1.165) is 36.0 Å². The molecule has 1 spiro atoms. The molecular weight excluding hydrogens is 220 g/mol. The molecule has 0 amide bonds. The van der Waals surface area contributed by atoms with Crippen LogP contribution < -0.4 is 0 Å². The Balaban J connectivity index is 1.64. The topological polar surface area (TPSA) is 17.1 Å². The molecule has 18 heavy (non-hydrogen) atoms. The normalized spacial score (nSPS) is 53.6. The first-order valence-corrected chi connectivity index (χ1v) is 8.06. The maximum Gasteiger partial charge on any atom is 0.133 e. The lowest BCUT2D eigenvalue weighted by atomic mass is 9.10. The van der Waals surface area contributed by atoms with E-state index in [1.807, 2.05) is 6.92 Å². The van der Waals surface area contributed by atoms with Crippen molar-refractivity contribution in [3.8, 4) is 0 Å². The van der Waals surface area contributed by atoms with E-state index in [9.17, 15) is 4.79 Å². The fourth-order valence-electron chi connectivity index (χ4n) is 7.14. The van der Waals surface area contributed by atoms with Crippen LogP contribution in [0.25, 0.3) is 0 Å². The molecular formula is C17H26O. The summed E-state index contributed by atoms with van der Waals surface area (Å²) in [6.45, 7) is 6.79. The SMILES string of the molecule is CCC(=O)CC(C)(CC)C12CC3CC4CC(C1)C432. The number of hydrogen-bond acceptors (Lipinski definition) is 1.